The van der Waals surface area contributed by atoms with E-state index in [0.717, 1.165) is 0 Å². The number of hydrogen-bond acceptors (Lipinski definition) is 7. The molecule has 0 aliphatic carbocycles. The Morgan fingerprint density at radius 2 is 1.67 bits per heavy atom. The van der Waals surface area contributed by atoms with E-state index in [1.165, 1.54) is 56.6 Å². The summed E-state index contributed by atoms with van der Waals surface area (Å²) >= 11 is 6.12. The number of anilines is 1. The van der Waals surface area contributed by atoms with Crippen LogP contribution in [0.4, 0.5) is 5.69 Å². The molecule has 3 aromatic carbocycles. The quantitative estimate of drug-likeness (QED) is 0.222. The van der Waals surface area contributed by atoms with Crippen LogP contribution in [0.2, 0.25) is 5.02 Å². The second-order valence-corrected chi connectivity index (χ2v) is 8.24. The first kappa shape index (κ1) is 24.8. The number of benzene rings is 3. The highest BCUT2D eigenvalue weighted by atomic mass is 35.5. The molecule has 1 aliphatic rings. The Morgan fingerprint density at radius 3 is 2.36 bits per heavy atom. The largest absolute Gasteiger partial charge is 0.507 e. The number of amides is 1. The molecule has 1 heterocycles. The fourth-order valence-corrected chi connectivity index (χ4v) is 4.28. The Morgan fingerprint density at radius 1 is 0.917 bits per heavy atom. The van der Waals surface area contributed by atoms with Crippen molar-refractivity contribution in [3.63, 3.8) is 0 Å². The van der Waals surface area contributed by atoms with Gasteiger partial charge in [0, 0.05) is 11.3 Å². The van der Waals surface area contributed by atoms with E-state index in [4.69, 9.17) is 25.8 Å². The number of aliphatic hydroxyl groups is 1. The summed E-state index contributed by atoms with van der Waals surface area (Å²) in [7, 11) is 4.17. The average Bonchev–Trinajstić information content (AvgIpc) is 3.18. The lowest BCUT2D eigenvalue weighted by atomic mass is 9.94. The van der Waals surface area contributed by atoms with Gasteiger partial charge in [-0.1, -0.05) is 29.8 Å². The molecule has 0 spiro atoms. The number of ether oxygens (including phenoxy) is 3. The molecule has 1 fully saturated rings. The number of Topliss-reactive ketones (excluding diaryl/α,β-unsaturated/α-hetero) is 1. The molecular formula is C27H22ClNO7. The smallest absolute Gasteiger partial charge is 0.337 e. The maximum Gasteiger partial charge on any atom is 0.337 e. The van der Waals surface area contributed by atoms with Gasteiger partial charge < -0.3 is 19.3 Å². The molecule has 4 rings (SSSR count). The third-order valence-electron chi connectivity index (χ3n) is 5.82. The van der Waals surface area contributed by atoms with Crippen LogP contribution in [0.15, 0.2) is 72.3 Å². The van der Waals surface area contributed by atoms with Gasteiger partial charge in [-0.2, -0.15) is 0 Å². The topological polar surface area (TPSA) is 102 Å². The summed E-state index contributed by atoms with van der Waals surface area (Å²) in [5.74, 6) is -1.97. The van der Waals surface area contributed by atoms with Crippen molar-refractivity contribution in [1.29, 1.82) is 0 Å². The lowest BCUT2D eigenvalue weighted by Gasteiger charge is -2.26. The first-order chi connectivity index (χ1) is 17.3. The fraction of sp³-hybridized carbons (Fsp3) is 0.148. The first-order valence-corrected chi connectivity index (χ1v) is 11.2. The maximum atomic E-state index is 13.4. The van der Waals surface area contributed by atoms with Gasteiger partial charge in [0.15, 0.2) is 0 Å². The van der Waals surface area contributed by atoms with Gasteiger partial charge in [0.25, 0.3) is 11.7 Å². The van der Waals surface area contributed by atoms with Crippen LogP contribution >= 0.6 is 11.6 Å². The van der Waals surface area contributed by atoms with Crippen LogP contribution < -0.4 is 14.4 Å². The highest BCUT2D eigenvalue weighted by Crippen LogP contribution is 2.43. The molecule has 1 N–H and O–H groups in total. The Hall–Kier alpha value is -4.30. The predicted molar refractivity (Wildman–Crippen MR) is 134 cm³/mol. The zero-order valence-corrected chi connectivity index (χ0v) is 20.4. The highest BCUT2D eigenvalue weighted by Gasteiger charge is 2.47. The lowest BCUT2D eigenvalue weighted by Crippen LogP contribution is -2.29. The van der Waals surface area contributed by atoms with Crippen molar-refractivity contribution in [2.75, 3.05) is 26.2 Å². The molecule has 1 atom stereocenters. The summed E-state index contributed by atoms with van der Waals surface area (Å²) in [5.41, 5.74) is 1.09. The van der Waals surface area contributed by atoms with Crippen LogP contribution in [0.1, 0.15) is 27.5 Å². The molecule has 3 aromatic rings. The van der Waals surface area contributed by atoms with E-state index in [9.17, 15) is 19.5 Å². The predicted octanol–water partition coefficient (Wildman–Crippen LogP) is 4.77. The van der Waals surface area contributed by atoms with Crippen LogP contribution in [0.3, 0.4) is 0 Å². The van der Waals surface area contributed by atoms with Gasteiger partial charge in [0.05, 0.1) is 43.5 Å². The lowest BCUT2D eigenvalue weighted by molar-refractivity contribution is -0.132. The number of esters is 1. The van der Waals surface area contributed by atoms with Crippen LogP contribution in [-0.4, -0.2) is 44.1 Å². The van der Waals surface area contributed by atoms with Crippen LogP contribution in [-0.2, 0) is 14.3 Å². The molecule has 0 aromatic heterocycles. The minimum atomic E-state index is -1.02. The number of rotatable bonds is 6. The Balaban J connectivity index is 1.96. The first-order valence-electron chi connectivity index (χ1n) is 10.8. The van der Waals surface area contributed by atoms with E-state index in [2.05, 4.69) is 0 Å². The van der Waals surface area contributed by atoms with Crippen LogP contribution in [0, 0.1) is 0 Å². The van der Waals surface area contributed by atoms with Crippen LogP contribution in [0.25, 0.3) is 5.76 Å². The zero-order chi connectivity index (χ0) is 26.0. The van der Waals surface area contributed by atoms with Gasteiger partial charge in [-0.05, 0) is 54.1 Å². The minimum Gasteiger partial charge on any atom is -0.507 e. The number of ketones is 1. The maximum absolute atomic E-state index is 13.4. The summed E-state index contributed by atoms with van der Waals surface area (Å²) in [6, 6.07) is 16.5. The van der Waals surface area contributed by atoms with Crippen molar-refractivity contribution < 1.29 is 33.7 Å². The van der Waals surface area contributed by atoms with E-state index >= 15 is 0 Å². The number of methoxy groups -OCH3 is 3. The van der Waals surface area contributed by atoms with E-state index in [1.807, 2.05) is 0 Å². The highest BCUT2D eigenvalue weighted by molar-refractivity contribution is 6.51. The second kappa shape index (κ2) is 10.1. The molecule has 1 amide bonds. The van der Waals surface area contributed by atoms with E-state index < -0.39 is 29.5 Å². The molecule has 36 heavy (non-hydrogen) atoms. The van der Waals surface area contributed by atoms with Crippen molar-refractivity contribution in [2.24, 2.45) is 0 Å². The summed E-state index contributed by atoms with van der Waals surface area (Å²) < 4.78 is 15.4. The molecule has 8 nitrogen and oxygen atoms in total. The van der Waals surface area contributed by atoms with Crippen molar-refractivity contribution in [3.8, 4) is 11.5 Å². The van der Waals surface area contributed by atoms with Crippen LogP contribution in [0.5, 0.6) is 11.5 Å². The molecule has 1 aliphatic heterocycles. The number of nitrogens with zero attached hydrogens (tertiary/aromatic N) is 1. The van der Waals surface area contributed by atoms with Gasteiger partial charge in [-0.15, -0.1) is 0 Å². The summed E-state index contributed by atoms with van der Waals surface area (Å²) in [6.07, 6.45) is 0. The number of carbonyl (C=O) groups excluding carboxylic acids is 3. The Kier molecular flexibility index (Phi) is 6.98. The normalized spacial score (nSPS) is 16.7. The molecule has 0 radical (unpaired) electrons. The van der Waals surface area contributed by atoms with E-state index in [1.54, 1.807) is 36.4 Å². The van der Waals surface area contributed by atoms with Gasteiger partial charge >= 0.3 is 5.97 Å². The third-order valence-corrected chi connectivity index (χ3v) is 6.14. The molecule has 9 heteroatoms. The van der Waals surface area contributed by atoms with Gasteiger partial charge in [0.1, 0.15) is 17.3 Å². The summed E-state index contributed by atoms with van der Waals surface area (Å²) in [5, 5.41) is 11.6. The molecule has 0 saturated carbocycles. The number of hydrogen-bond donors (Lipinski definition) is 1. The molecule has 1 unspecified atom stereocenters. The monoisotopic (exact) mass is 507 g/mol. The van der Waals surface area contributed by atoms with E-state index in [-0.39, 0.29) is 22.4 Å². The number of halogens is 1. The Labute approximate surface area is 212 Å². The second-order valence-electron chi connectivity index (χ2n) is 7.84. The van der Waals surface area contributed by atoms with Gasteiger partial charge in [0.2, 0.25) is 0 Å². The minimum absolute atomic E-state index is 0.138. The number of carbonyl (C=O) groups is 3. The Bertz CT molecular complexity index is 1400. The standard InChI is InChI=1S/C27H22ClNO7/c1-34-19-9-5-6-15(13-19)23-22(24(30)16-10-11-20(28)21(14-16)35-2)25(31)26(32)29(23)18-8-4-7-17(12-18)27(33)36-3/h4-14,23,30H,1-3H3/b24-22+. The SMILES string of the molecule is COC(=O)c1cccc(N2C(=O)C(=O)/C(=C(/O)c3ccc(Cl)c(OC)c3)C2c2cccc(OC)c2)c1. The average molecular weight is 508 g/mol. The third kappa shape index (κ3) is 4.38. The number of aliphatic hydroxyl groups excluding tert-OH is 1. The van der Waals surface area contributed by atoms with Gasteiger partial charge in [-0.25, -0.2) is 4.79 Å². The summed E-state index contributed by atoms with van der Waals surface area (Å²) in [6.45, 7) is 0. The van der Waals surface area contributed by atoms with Gasteiger partial charge in [-0.3, -0.25) is 14.5 Å². The van der Waals surface area contributed by atoms with Crippen molar-refractivity contribution in [1.82, 2.24) is 0 Å². The molecular weight excluding hydrogens is 486 g/mol. The van der Waals surface area contributed by atoms with Crippen molar-refractivity contribution in [3.05, 3.63) is 94.0 Å². The molecule has 0 bridgehead atoms. The van der Waals surface area contributed by atoms with Crippen molar-refractivity contribution in [2.45, 2.75) is 6.04 Å². The summed E-state index contributed by atoms with van der Waals surface area (Å²) in [4.78, 5) is 40.1. The van der Waals surface area contributed by atoms with Crippen molar-refractivity contribution >= 4 is 40.7 Å². The zero-order valence-electron chi connectivity index (χ0n) is 19.7. The molecule has 1 saturated heterocycles. The fourth-order valence-electron chi connectivity index (χ4n) is 4.09. The molecule has 184 valence electrons. The van der Waals surface area contributed by atoms with E-state index in [0.29, 0.717) is 22.1 Å².